The molecule has 1 aromatic rings. The van der Waals surface area contributed by atoms with Gasteiger partial charge in [0.25, 0.3) is 5.91 Å². The van der Waals surface area contributed by atoms with Crippen LogP contribution < -0.4 is 10.2 Å². The Kier molecular flexibility index (Phi) is 7.19. The fraction of sp³-hybridized carbons (Fsp3) is 0.500. The van der Waals surface area contributed by atoms with Crippen LogP contribution in [-0.2, 0) is 14.3 Å². The van der Waals surface area contributed by atoms with Gasteiger partial charge in [-0.25, -0.2) is 0 Å². The van der Waals surface area contributed by atoms with Gasteiger partial charge in [-0.2, -0.15) is 5.26 Å². The van der Waals surface area contributed by atoms with Crippen LogP contribution in [0.5, 0.6) is 0 Å². The van der Waals surface area contributed by atoms with E-state index in [0.717, 1.165) is 18.8 Å². The lowest BCUT2D eigenvalue weighted by Crippen LogP contribution is -2.60. The van der Waals surface area contributed by atoms with Crippen molar-refractivity contribution in [3.05, 3.63) is 35.4 Å². The maximum Gasteiger partial charge on any atom is 0.262 e. The molecule has 0 aromatic heterocycles. The molecule has 156 valence electrons. The molecule has 2 fully saturated rings. The molecule has 0 unspecified atom stereocenters. The Morgan fingerprint density at radius 2 is 1.93 bits per heavy atom. The lowest BCUT2D eigenvalue weighted by molar-refractivity contribution is -0.163. The van der Waals surface area contributed by atoms with Crippen LogP contribution in [0.15, 0.2) is 29.8 Å². The average molecular weight is 403 g/mol. The second-order valence-electron chi connectivity index (χ2n) is 6.98. The second-order valence-corrected chi connectivity index (χ2v) is 6.98. The maximum atomic E-state index is 12.4. The van der Waals surface area contributed by atoms with Gasteiger partial charge in [-0.05, 0) is 23.8 Å². The Balaban J connectivity index is 1.64. The molecule has 4 atom stereocenters. The van der Waals surface area contributed by atoms with Gasteiger partial charge in [0.1, 0.15) is 30.0 Å². The fourth-order valence-electron chi connectivity index (χ4n) is 3.33. The van der Waals surface area contributed by atoms with Crippen LogP contribution in [0, 0.1) is 11.3 Å². The molecule has 1 amide bonds. The van der Waals surface area contributed by atoms with Crippen molar-refractivity contribution in [3.8, 4) is 6.07 Å². The van der Waals surface area contributed by atoms with E-state index in [0.29, 0.717) is 18.8 Å². The molecule has 29 heavy (non-hydrogen) atoms. The van der Waals surface area contributed by atoms with Gasteiger partial charge in [0.2, 0.25) is 0 Å². The summed E-state index contributed by atoms with van der Waals surface area (Å²) in [5, 5.41) is 41.0. The highest BCUT2D eigenvalue weighted by molar-refractivity contribution is 6.01. The highest BCUT2D eigenvalue weighted by Gasteiger charge is 2.39. The fourth-order valence-corrected chi connectivity index (χ4v) is 3.33. The molecule has 4 N–H and O–H groups in total. The lowest BCUT2D eigenvalue weighted by atomic mass is 9.98. The van der Waals surface area contributed by atoms with Crippen molar-refractivity contribution >= 4 is 17.7 Å². The number of hydrogen-bond donors (Lipinski definition) is 4. The summed E-state index contributed by atoms with van der Waals surface area (Å²) in [4.78, 5) is 14.6. The molecule has 2 heterocycles. The summed E-state index contributed by atoms with van der Waals surface area (Å²) in [6.45, 7) is 2.48. The number of rotatable bonds is 5. The average Bonchev–Trinajstić information content (AvgIpc) is 2.76. The SMILES string of the molecule is N#C/C(=C\c1ccc(N2CCOCC2)cc1)C(=O)N[C@H]1CO[C@H](CO)[C@@H](O)[C@@H]1O. The number of benzene rings is 1. The molecule has 3 rings (SSSR count). The van der Waals surface area contributed by atoms with E-state index in [4.69, 9.17) is 14.6 Å². The topological polar surface area (TPSA) is 135 Å². The van der Waals surface area contributed by atoms with Gasteiger partial charge in [-0.1, -0.05) is 12.1 Å². The standard InChI is InChI=1S/C20H25N3O6/c21-10-14(20(27)22-16-12-29-17(11-24)19(26)18(16)25)9-13-1-3-15(4-2-13)23-5-7-28-8-6-23/h1-4,9,16-19,24-26H,5-8,11-12H2,(H,22,27)/b14-9+/t16-,17+,18+,19+/m0/s1. The summed E-state index contributed by atoms with van der Waals surface area (Å²) in [7, 11) is 0. The number of nitrogens with zero attached hydrogens (tertiary/aromatic N) is 2. The largest absolute Gasteiger partial charge is 0.394 e. The Morgan fingerprint density at radius 1 is 1.24 bits per heavy atom. The minimum atomic E-state index is -1.33. The van der Waals surface area contributed by atoms with E-state index >= 15 is 0 Å². The molecular formula is C20H25N3O6. The van der Waals surface area contributed by atoms with Crippen LogP contribution in [0.3, 0.4) is 0 Å². The number of ether oxygens (including phenoxy) is 2. The number of aliphatic hydroxyl groups excluding tert-OH is 3. The van der Waals surface area contributed by atoms with Crippen LogP contribution in [0.25, 0.3) is 6.08 Å². The van der Waals surface area contributed by atoms with Crippen molar-refractivity contribution in [2.45, 2.75) is 24.4 Å². The van der Waals surface area contributed by atoms with Gasteiger partial charge in [-0.15, -0.1) is 0 Å². The lowest BCUT2D eigenvalue weighted by Gasteiger charge is -2.37. The Hall–Kier alpha value is -2.48. The van der Waals surface area contributed by atoms with Gasteiger partial charge in [0.05, 0.1) is 32.5 Å². The number of nitriles is 1. The monoisotopic (exact) mass is 403 g/mol. The zero-order chi connectivity index (χ0) is 20.8. The predicted molar refractivity (Wildman–Crippen MR) is 104 cm³/mol. The number of hydrogen-bond acceptors (Lipinski definition) is 8. The van der Waals surface area contributed by atoms with E-state index in [9.17, 15) is 20.3 Å². The van der Waals surface area contributed by atoms with E-state index < -0.39 is 36.9 Å². The predicted octanol–water partition coefficient (Wildman–Crippen LogP) is -0.972. The number of carbonyl (C=O) groups is 1. The molecular weight excluding hydrogens is 378 g/mol. The quantitative estimate of drug-likeness (QED) is 0.364. The van der Waals surface area contributed by atoms with Crippen LogP contribution in [-0.4, -0.2) is 85.1 Å². The highest BCUT2D eigenvalue weighted by atomic mass is 16.5. The van der Waals surface area contributed by atoms with E-state index in [1.54, 1.807) is 0 Å². The van der Waals surface area contributed by atoms with Crippen LogP contribution >= 0.6 is 0 Å². The first-order valence-corrected chi connectivity index (χ1v) is 9.47. The Labute approximate surface area is 168 Å². The number of aliphatic hydroxyl groups is 3. The number of nitrogens with one attached hydrogen (secondary N) is 1. The van der Waals surface area contributed by atoms with Crippen LogP contribution in [0.4, 0.5) is 5.69 Å². The number of carbonyl (C=O) groups excluding carboxylic acids is 1. The first-order chi connectivity index (χ1) is 14.0. The first kappa shape index (κ1) is 21.2. The van der Waals surface area contributed by atoms with Gasteiger partial charge in [0, 0.05) is 18.8 Å². The van der Waals surface area contributed by atoms with E-state index in [1.165, 1.54) is 6.08 Å². The van der Waals surface area contributed by atoms with Gasteiger partial charge in [-0.3, -0.25) is 4.79 Å². The van der Waals surface area contributed by atoms with Crippen LogP contribution in [0.1, 0.15) is 5.56 Å². The zero-order valence-electron chi connectivity index (χ0n) is 15.9. The number of morpholine rings is 1. The molecule has 2 aliphatic rings. The normalized spacial score (nSPS) is 27.9. The third-order valence-electron chi connectivity index (χ3n) is 5.07. The molecule has 0 radical (unpaired) electrons. The van der Waals surface area contributed by atoms with Crippen molar-refractivity contribution < 1.29 is 29.6 Å². The molecule has 0 bridgehead atoms. The molecule has 0 aliphatic carbocycles. The molecule has 1 aromatic carbocycles. The molecule has 0 saturated carbocycles. The Bertz CT molecular complexity index is 769. The van der Waals surface area contributed by atoms with E-state index in [-0.39, 0.29) is 12.2 Å². The zero-order valence-corrected chi connectivity index (χ0v) is 15.9. The van der Waals surface area contributed by atoms with Gasteiger partial charge in [0.15, 0.2) is 0 Å². The third kappa shape index (κ3) is 5.12. The first-order valence-electron chi connectivity index (χ1n) is 9.47. The number of anilines is 1. The third-order valence-corrected chi connectivity index (χ3v) is 5.07. The summed E-state index contributed by atoms with van der Waals surface area (Å²) in [6.07, 6.45) is -2.09. The minimum Gasteiger partial charge on any atom is -0.394 e. The maximum absolute atomic E-state index is 12.4. The summed E-state index contributed by atoms with van der Waals surface area (Å²) in [5.41, 5.74) is 1.60. The van der Waals surface area contributed by atoms with Crippen molar-refractivity contribution in [2.24, 2.45) is 0 Å². The minimum absolute atomic E-state index is 0.0812. The molecule has 2 aliphatic heterocycles. The van der Waals surface area contributed by atoms with E-state index in [1.807, 2.05) is 30.3 Å². The summed E-state index contributed by atoms with van der Waals surface area (Å²) in [5.74, 6) is -0.674. The second kappa shape index (κ2) is 9.82. The van der Waals surface area contributed by atoms with Crippen molar-refractivity contribution in [1.29, 1.82) is 5.26 Å². The van der Waals surface area contributed by atoms with Crippen molar-refractivity contribution in [2.75, 3.05) is 44.4 Å². The summed E-state index contributed by atoms with van der Waals surface area (Å²) in [6, 6.07) is 8.47. The van der Waals surface area contributed by atoms with Gasteiger partial charge < -0.3 is 35.0 Å². The molecule has 9 nitrogen and oxygen atoms in total. The van der Waals surface area contributed by atoms with Gasteiger partial charge >= 0.3 is 0 Å². The van der Waals surface area contributed by atoms with Crippen molar-refractivity contribution in [3.63, 3.8) is 0 Å². The van der Waals surface area contributed by atoms with Crippen LogP contribution in [0.2, 0.25) is 0 Å². The molecule has 9 heteroatoms. The number of amides is 1. The molecule has 0 spiro atoms. The molecule has 2 saturated heterocycles. The smallest absolute Gasteiger partial charge is 0.262 e. The summed E-state index contributed by atoms with van der Waals surface area (Å²) >= 11 is 0. The summed E-state index contributed by atoms with van der Waals surface area (Å²) < 4.78 is 10.6. The Morgan fingerprint density at radius 3 is 2.55 bits per heavy atom. The van der Waals surface area contributed by atoms with Crippen molar-refractivity contribution in [1.82, 2.24) is 5.32 Å². The van der Waals surface area contributed by atoms with E-state index in [2.05, 4.69) is 10.2 Å². The highest BCUT2D eigenvalue weighted by Crippen LogP contribution is 2.19.